The van der Waals surface area contributed by atoms with Gasteiger partial charge in [-0.05, 0) is 38.3 Å². The summed E-state index contributed by atoms with van der Waals surface area (Å²) in [6, 6.07) is 2.09. The van der Waals surface area contributed by atoms with Crippen molar-refractivity contribution in [1.29, 1.82) is 0 Å². The first-order chi connectivity index (χ1) is 9.87. The van der Waals surface area contributed by atoms with Crippen LogP contribution in [-0.4, -0.2) is 34.5 Å². The van der Waals surface area contributed by atoms with Crippen LogP contribution in [0.25, 0.3) is 11.2 Å². The average molecular weight is 328 g/mol. The van der Waals surface area contributed by atoms with Crippen molar-refractivity contribution in [3.63, 3.8) is 0 Å². The van der Waals surface area contributed by atoms with Gasteiger partial charge in [0.05, 0.1) is 16.9 Å². The van der Waals surface area contributed by atoms with E-state index in [4.69, 9.17) is 11.6 Å². The molecule has 0 aromatic carbocycles. The summed E-state index contributed by atoms with van der Waals surface area (Å²) in [6.07, 6.45) is 3.00. The lowest BCUT2D eigenvalue weighted by molar-refractivity contribution is 0.444. The Balaban J connectivity index is 2.10. The van der Waals surface area contributed by atoms with Gasteiger partial charge in [-0.25, -0.2) is 18.4 Å². The minimum atomic E-state index is -2.89. The molecule has 2 aromatic heterocycles. The fraction of sp³-hybridized carbons (Fsp3) is 0.571. The van der Waals surface area contributed by atoms with Crippen LogP contribution in [0.5, 0.6) is 0 Å². The lowest BCUT2D eigenvalue weighted by Gasteiger charge is -2.25. The summed E-state index contributed by atoms with van der Waals surface area (Å²) >= 11 is 6.27. The van der Waals surface area contributed by atoms with E-state index >= 15 is 0 Å². The molecule has 3 rings (SSSR count). The van der Waals surface area contributed by atoms with Crippen molar-refractivity contribution < 1.29 is 8.42 Å². The van der Waals surface area contributed by atoms with Crippen LogP contribution in [0.3, 0.4) is 0 Å². The highest BCUT2D eigenvalue weighted by Crippen LogP contribution is 2.32. The zero-order valence-electron chi connectivity index (χ0n) is 12.1. The van der Waals surface area contributed by atoms with Gasteiger partial charge in [-0.3, -0.25) is 0 Å². The zero-order chi connectivity index (χ0) is 15.2. The molecule has 7 heteroatoms. The van der Waals surface area contributed by atoms with E-state index in [1.54, 1.807) is 0 Å². The first-order valence-corrected chi connectivity index (χ1v) is 9.32. The van der Waals surface area contributed by atoms with E-state index in [-0.39, 0.29) is 22.9 Å². The van der Waals surface area contributed by atoms with Gasteiger partial charge in [-0.15, -0.1) is 11.6 Å². The second kappa shape index (κ2) is 5.25. The number of sulfone groups is 1. The first kappa shape index (κ1) is 14.8. The molecule has 5 nitrogen and oxygen atoms in total. The molecule has 3 heterocycles. The van der Waals surface area contributed by atoms with Gasteiger partial charge in [0.15, 0.2) is 5.65 Å². The zero-order valence-corrected chi connectivity index (χ0v) is 13.7. The molecule has 1 aliphatic rings. The molecular formula is C14H18ClN3O2S. The van der Waals surface area contributed by atoms with Gasteiger partial charge < -0.3 is 4.57 Å². The van der Waals surface area contributed by atoms with Crippen molar-refractivity contribution in [2.24, 2.45) is 0 Å². The Morgan fingerprint density at radius 1 is 1.38 bits per heavy atom. The molecule has 0 amide bonds. The SMILES string of the molecule is Cc1cnc2c(c1)nc(C(C)Cl)n2C1CCS(=O)(=O)CC1. The van der Waals surface area contributed by atoms with Gasteiger partial charge in [0.1, 0.15) is 21.2 Å². The molecule has 0 aliphatic carbocycles. The Morgan fingerprint density at radius 2 is 2.05 bits per heavy atom. The third-order valence-electron chi connectivity index (χ3n) is 3.94. The summed E-state index contributed by atoms with van der Waals surface area (Å²) in [5.74, 6) is 1.22. The van der Waals surface area contributed by atoms with Gasteiger partial charge in [0.25, 0.3) is 0 Å². The number of halogens is 1. The van der Waals surface area contributed by atoms with E-state index in [0.717, 1.165) is 22.6 Å². The predicted octanol–water partition coefficient (Wildman–Crippen LogP) is 2.79. The highest BCUT2D eigenvalue weighted by atomic mass is 35.5. The van der Waals surface area contributed by atoms with Crippen LogP contribution in [0, 0.1) is 6.92 Å². The van der Waals surface area contributed by atoms with E-state index in [1.807, 2.05) is 30.7 Å². The number of pyridine rings is 1. The van der Waals surface area contributed by atoms with Crippen LogP contribution >= 0.6 is 11.6 Å². The topological polar surface area (TPSA) is 64.8 Å². The number of nitrogens with zero attached hydrogens (tertiary/aromatic N) is 3. The van der Waals surface area contributed by atoms with Crippen LogP contribution < -0.4 is 0 Å². The minimum Gasteiger partial charge on any atom is -0.308 e. The number of imidazole rings is 1. The molecule has 1 fully saturated rings. The van der Waals surface area contributed by atoms with Crippen molar-refractivity contribution in [1.82, 2.24) is 14.5 Å². The maximum Gasteiger partial charge on any atom is 0.160 e. The second-order valence-electron chi connectivity index (χ2n) is 5.69. The Labute approximate surface area is 129 Å². The lowest BCUT2D eigenvalue weighted by atomic mass is 10.1. The fourth-order valence-corrected chi connectivity index (χ4v) is 4.50. The largest absolute Gasteiger partial charge is 0.308 e. The fourth-order valence-electron chi connectivity index (χ4n) is 2.88. The number of hydrogen-bond acceptors (Lipinski definition) is 4. The number of rotatable bonds is 2. The molecule has 0 N–H and O–H groups in total. The Kier molecular flexibility index (Phi) is 3.69. The molecule has 0 spiro atoms. The number of aryl methyl sites for hydroxylation is 1. The minimum absolute atomic E-state index is 0.102. The van der Waals surface area contributed by atoms with Gasteiger partial charge in [-0.2, -0.15) is 0 Å². The van der Waals surface area contributed by atoms with Crippen molar-refractivity contribution >= 4 is 32.6 Å². The van der Waals surface area contributed by atoms with Crippen LogP contribution in [-0.2, 0) is 9.84 Å². The standard InChI is InChI=1S/C14H18ClN3O2S/c1-9-7-12-14(16-8-9)18(13(17-12)10(2)15)11-3-5-21(19,20)6-4-11/h7-8,10-11H,3-6H2,1-2H3. The molecular weight excluding hydrogens is 310 g/mol. The smallest absolute Gasteiger partial charge is 0.160 e. The van der Waals surface area contributed by atoms with Gasteiger partial charge in [0, 0.05) is 12.2 Å². The molecule has 2 aromatic rings. The maximum absolute atomic E-state index is 11.6. The van der Waals surface area contributed by atoms with E-state index in [1.165, 1.54) is 0 Å². The molecule has 0 bridgehead atoms. The Morgan fingerprint density at radius 3 is 2.67 bits per heavy atom. The molecule has 114 valence electrons. The third-order valence-corrected chi connectivity index (χ3v) is 5.85. The maximum atomic E-state index is 11.6. The van der Waals surface area contributed by atoms with Crippen molar-refractivity contribution in [2.45, 2.75) is 38.1 Å². The summed E-state index contributed by atoms with van der Waals surface area (Å²) < 4.78 is 25.3. The molecule has 0 radical (unpaired) electrons. The van der Waals surface area contributed by atoms with E-state index in [0.29, 0.717) is 12.8 Å². The molecule has 0 saturated carbocycles. The normalized spacial score (nSPS) is 20.7. The van der Waals surface area contributed by atoms with Crippen molar-refractivity contribution in [2.75, 3.05) is 11.5 Å². The third kappa shape index (κ3) is 2.79. The predicted molar refractivity (Wildman–Crippen MR) is 83.5 cm³/mol. The first-order valence-electron chi connectivity index (χ1n) is 7.06. The van der Waals surface area contributed by atoms with E-state index < -0.39 is 9.84 Å². The number of aromatic nitrogens is 3. The summed E-state index contributed by atoms with van der Waals surface area (Å²) in [5, 5.41) is -0.238. The monoisotopic (exact) mass is 327 g/mol. The Bertz CT molecular complexity index is 769. The van der Waals surface area contributed by atoms with Crippen LogP contribution in [0.1, 0.15) is 42.6 Å². The number of alkyl halides is 1. The molecule has 21 heavy (non-hydrogen) atoms. The van der Waals surface area contributed by atoms with E-state index in [2.05, 4.69) is 9.97 Å². The molecule has 1 atom stereocenters. The average Bonchev–Trinajstić information content (AvgIpc) is 2.77. The van der Waals surface area contributed by atoms with E-state index in [9.17, 15) is 8.42 Å². The summed E-state index contributed by atoms with van der Waals surface area (Å²) in [7, 11) is -2.89. The highest BCUT2D eigenvalue weighted by Gasteiger charge is 2.29. The summed E-state index contributed by atoms with van der Waals surface area (Å²) in [5.41, 5.74) is 2.67. The highest BCUT2D eigenvalue weighted by molar-refractivity contribution is 7.91. The van der Waals surface area contributed by atoms with Crippen molar-refractivity contribution in [3.8, 4) is 0 Å². The van der Waals surface area contributed by atoms with Crippen LogP contribution in [0.2, 0.25) is 0 Å². The van der Waals surface area contributed by atoms with Crippen LogP contribution in [0.4, 0.5) is 0 Å². The number of fused-ring (bicyclic) bond motifs is 1. The summed E-state index contributed by atoms with van der Waals surface area (Å²) in [4.78, 5) is 9.09. The molecule has 1 aliphatic heterocycles. The van der Waals surface area contributed by atoms with Crippen LogP contribution in [0.15, 0.2) is 12.3 Å². The quantitative estimate of drug-likeness (QED) is 0.796. The van der Waals surface area contributed by atoms with Crippen molar-refractivity contribution in [3.05, 3.63) is 23.7 Å². The second-order valence-corrected chi connectivity index (χ2v) is 8.65. The van der Waals surface area contributed by atoms with Gasteiger partial charge in [-0.1, -0.05) is 0 Å². The number of hydrogen-bond donors (Lipinski definition) is 0. The molecule has 1 saturated heterocycles. The summed E-state index contributed by atoms with van der Waals surface area (Å²) in [6.45, 7) is 3.86. The van der Waals surface area contributed by atoms with Gasteiger partial charge in [0.2, 0.25) is 0 Å². The molecule has 1 unspecified atom stereocenters. The lowest BCUT2D eigenvalue weighted by Crippen LogP contribution is -2.26. The van der Waals surface area contributed by atoms with Gasteiger partial charge >= 0.3 is 0 Å². The Hall–Kier alpha value is -1.14.